The number of nitrogens with one attached hydrogen (secondary N) is 1. The Balaban J connectivity index is 1.73. The number of sulfonamides is 1. The van der Waals surface area contributed by atoms with E-state index < -0.39 is 10.0 Å². The summed E-state index contributed by atoms with van der Waals surface area (Å²) in [5.74, 6) is 0.794. The number of carbonyl (C=O) groups is 1. The van der Waals surface area contributed by atoms with Crippen molar-refractivity contribution in [1.82, 2.24) is 4.72 Å². The van der Waals surface area contributed by atoms with Crippen LogP contribution in [0.5, 0.6) is 5.75 Å². The van der Waals surface area contributed by atoms with Gasteiger partial charge in [-0.05, 0) is 55.3 Å². The summed E-state index contributed by atoms with van der Waals surface area (Å²) in [5.41, 5.74) is 1.57. The molecule has 0 saturated carbocycles. The van der Waals surface area contributed by atoms with Gasteiger partial charge in [0.2, 0.25) is 15.9 Å². The first-order valence-electron chi connectivity index (χ1n) is 8.47. The maximum Gasteiger partial charge on any atom is 0.241 e. The van der Waals surface area contributed by atoms with Gasteiger partial charge in [0, 0.05) is 24.7 Å². The molecular weight excluding hydrogens is 352 g/mol. The molecule has 26 heavy (non-hydrogen) atoms. The van der Waals surface area contributed by atoms with Crippen LogP contribution < -0.4 is 14.4 Å². The molecule has 1 amide bonds. The predicted molar refractivity (Wildman–Crippen MR) is 99.8 cm³/mol. The maximum absolute atomic E-state index is 12.6. The molecule has 0 radical (unpaired) electrons. The summed E-state index contributed by atoms with van der Waals surface area (Å²) in [5, 5.41) is 0. The zero-order valence-corrected chi connectivity index (χ0v) is 15.6. The van der Waals surface area contributed by atoms with Crippen LogP contribution in [-0.4, -0.2) is 28.0 Å². The highest BCUT2D eigenvalue weighted by Gasteiger charge is 2.23. The average Bonchev–Trinajstić information content (AvgIpc) is 3.07. The monoisotopic (exact) mass is 374 g/mol. The lowest BCUT2D eigenvalue weighted by molar-refractivity contribution is -0.117. The van der Waals surface area contributed by atoms with Crippen LogP contribution in [0.4, 0.5) is 5.69 Å². The molecule has 1 aliphatic heterocycles. The number of benzene rings is 2. The Morgan fingerprint density at radius 3 is 2.27 bits per heavy atom. The van der Waals surface area contributed by atoms with Crippen LogP contribution in [0.15, 0.2) is 53.4 Å². The molecule has 1 atom stereocenters. The number of rotatable bonds is 6. The summed E-state index contributed by atoms with van der Waals surface area (Å²) in [6.07, 6.45) is 1.38. The van der Waals surface area contributed by atoms with Crippen molar-refractivity contribution in [2.24, 2.45) is 0 Å². The van der Waals surface area contributed by atoms with E-state index in [1.54, 1.807) is 43.2 Å². The number of hydrogen-bond donors (Lipinski definition) is 1. The van der Waals surface area contributed by atoms with Gasteiger partial charge in [0.05, 0.1) is 12.0 Å². The van der Waals surface area contributed by atoms with Crippen LogP contribution in [0.1, 0.15) is 31.4 Å². The molecule has 3 rings (SSSR count). The minimum atomic E-state index is -3.66. The van der Waals surface area contributed by atoms with E-state index in [-0.39, 0.29) is 16.8 Å². The van der Waals surface area contributed by atoms with Gasteiger partial charge < -0.3 is 9.64 Å². The SMILES string of the molecule is COc1ccc(C(C)NS(=O)(=O)c2ccc(N3CCCC3=O)cc2)cc1. The highest BCUT2D eigenvalue weighted by atomic mass is 32.2. The Morgan fingerprint density at radius 1 is 1.08 bits per heavy atom. The Morgan fingerprint density at radius 2 is 1.73 bits per heavy atom. The van der Waals surface area contributed by atoms with E-state index in [9.17, 15) is 13.2 Å². The fourth-order valence-corrected chi connectivity index (χ4v) is 4.22. The topological polar surface area (TPSA) is 75.7 Å². The number of ether oxygens (including phenoxy) is 1. The van der Waals surface area contributed by atoms with Crippen molar-refractivity contribution >= 4 is 21.6 Å². The fraction of sp³-hybridized carbons (Fsp3) is 0.316. The third kappa shape index (κ3) is 3.89. The lowest BCUT2D eigenvalue weighted by atomic mass is 10.1. The van der Waals surface area contributed by atoms with Crippen molar-refractivity contribution in [3.05, 3.63) is 54.1 Å². The highest BCUT2D eigenvalue weighted by molar-refractivity contribution is 7.89. The Hall–Kier alpha value is -2.38. The second kappa shape index (κ2) is 7.47. The number of methoxy groups -OCH3 is 1. The van der Waals surface area contributed by atoms with Crippen LogP contribution in [0.25, 0.3) is 0 Å². The zero-order chi connectivity index (χ0) is 18.7. The molecule has 1 aliphatic rings. The van der Waals surface area contributed by atoms with E-state index in [0.29, 0.717) is 13.0 Å². The summed E-state index contributed by atoms with van der Waals surface area (Å²) in [4.78, 5) is 13.6. The van der Waals surface area contributed by atoms with E-state index >= 15 is 0 Å². The number of hydrogen-bond acceptors (Lipinski definition) is 4. The van der Waals surface area contributed by atoms with Gasteiger partial charge in [0.25, 0.3) is 0 Å². The molecule has 0 spiro atoms. The second-order valence-electron chi connectivity index (χ2n) is 6.26. The Kier molecular flexibility index (Phi) is 5.29. The first kappa shape index (κ1) is 18.4. The number of carbonyl (C=O) groups excluding carboxylic acids is 1. The summed E-state index contributed by atoms with van der Waals surface area (Å²) in [6.45, 7) is 2.47. The van der Waals surface area contributed by atoms with Crippen molar-refractivity contribution in [2.45, 2.75) is 30.7 Å². The van der Waals surface area contributed by atoms with Crippen LogP contribution in [0.3, 0.4) is 0 Å². The van der Waals surface area contributed by atoms with E-state index in [0.717, 1.165) is 23.4 Å². The molecular formula is C19H22N2O4S. The average molecular weight is 374 g/mol. The molecule has 138 valence electrons. The highest BCUT2D eigenvalue weighted by Crippen LogP contribution is 2.24. The van der Waals surface area contributed by atoms with E-state index in [1.165, 1.54) is 12.1 Å². The van der Waals surface area contributed by atoms with Crippen LogP contribution in [-0.2, 0) is 14.8 Å². The smallest absolute Gasteiger partial charge is 0.241 e. The van der Waals surface area contributed by atoms with Gasteiger partial charge in [-0.15, -0.1) is 0 Å². The van der Waals surface area contributed by atoms with Gasteiger partial charge in [0.1, 0.15) is 5.75 Å². The van der Waals surface area contributed by atoms with Gasteiger partial charge in [-0.1, -0.05) is 12.1 Å². The second-order valence-corrected chi connectivity index (χ2v) is 7.97. The zero-order valence-electron chi connectivity index (χ0n) is 14.8. The molecule has 1 heterocycles. The lowest BCUT2D eigenvalue weighted by Crippen LogP contribution is -2.27. The normalized spacial score (nSPS) is 15.9. The van der Waals surface area contributed by atoms with E-state index in [1.807, 2.05) is 12.1 Å². The molecule has 0 aliphatic carbocycles. The molecule has 2 aromatic rings. The molecule has 1 saturated heterocycles. The first-order chi connectivity index (χ1) is 12.4. The molecule has 6 nitrogen and oxygen atoms in total. The Labute approximate surface area is 153 Å². The molecule has 0 aromatic heterocycles. The van der Waals surface area contributed by atoms with Crippen molar-refractivity contribution in [3.8, 4) is 5.75 Å². The molecule has 0 bridgehead atoms. The third-order valence-electron chi connectivity index (χ3n) is 4.48. The van der Waals surface area contributed by atoms with Gasteiger partial charge in [-0.25, -0.2) is 13.1 Å². The molecule has 1 fully saturated rings. The molecule has 7 heteroatoms. The maximum atomic E-state index is 12.6. The van der Waals surface area contributed by atoms with E-state index in [4.69, 9.17) is 4.74 Å². The number of nitrogens with zero attached hydrogens (tertiary/aromatic N) is 1. The van der Waals surface area contributed by atoms with E-state index in [2.05, 4.69) is 4.72 Å². The van der Waals surface area contributed by atoms with Gasteiger partial charge in [0.15, 0.2) is 0 Å². The summed E-state index contributed by atoms with van der Waals surface area (Å²) >= 11 is 0. The first-order valence-corrected chi connectivity index (χ1v) is 9.96. The van der Waals surface area contributed by atoms with Crippen LogP contribution in [0.2, 0.25) is 0 Å². The standard InChI is InChI=1S/C19H22N2O4S/c1-14(15-5-9-17(25-2)10-6-15)20-26(23,24)18-11-7-16(8-12-18)21-13-3-4-19(21)22/h5-12,14,20H,3-4,13H2,1-2H3. The third-order valence-corrected chi connectivity index (χ3v) is 6.04. The Bertz CT molecular complexity index is 877. The minimum Gasteiger partial charge on any atom is -0.497 e. The lowest BCUT2D eigenvalue weighted by Gasteiger charge is -2.17. The summed E-state index contributed by atoms with van der Waals surface area (Å²) < 4.78 is 33.0. The van der Waals surface area contributed by atoms with Gasteiger partial charge in [-0.2, -0.15) is 0 Å². The van der Waals surface area contributed by atoms with Crippen molar-refractivity contribution in [1.29, 1.82) is 0 Å². The number of amides is 1. The summed E-state index contributed by atoms with van der Waals surface area (Å²) in [6, 6.07) is 13.3. The summed E-state index contributed by atoms with van der Waals surface area (Å²) in [7, 11) is -2.08. The minimum absolute atomic E-state index is 0.0758. The van der Waals surface area contributed by atoms with Crippen LogP contribution in [0, 0.1) is 0 Å². The molecule has 1 N–H and O–H groups in total. The van der Waals surface area contributed by atoms with Crippen molar-refractivity contribution in [2.75, 3.05) is 18.6 Å². The van der Waals surface area contributed by atoms with Crippen LogP contribution >= 0.6 is 0 Å². The largest absolute Gasteiger partial charge is 0.497 e. The van der Waals surface area contributed by atoms with Crippen molar-refractivity contribution < 1.29 is 17.9 Å². The van der Waals surface area contributed by atoms with Gasteiger partial charge in [-0.3, -0.25) is 4.79 Å². The van der Waals surface area contributed by atoms with Crippen molar-refractivity contribution in [3.63, 3.8) is 0 Å². The fourth-order valence-electron chi connectivity index (χ4n) is 2.99. The van der Waals surface area contributed by atoms with Gasteiger partial charge >= 0.3 is 0 Å². The predicted octanol–water partition coefficient (Wildman–Crippen LogP) is 2.86. The molecule has 2 aromatic carbocycles. The quantitative estimate of drug-likeness (QED) is 0.844. The number of anilines is 1. The molecule has 1 unspecified atom stereocenters.